The second-order valence-electron chi connectivity index (χ2n) is 3.59. The van der Waals surface area contributed by atoms with Crippen LogP contribution in [0, 0.1) is 0 Å². The Kier molecular flexibility index (Phi) is 3.81. The van der Waals surface area contributed by atoms with E-state index in [1.165, 1.54) is 0 Å². The Morgan fingerprint density at radius 1 is 0.941 bits per heavy atom. The molecule has 0 aromatic heterocycles. The summed E-state index contributed by atoms with van der Waals surface area (Å²) in [5.41, 5.74) is 2.86. The summed E-state index contributed by atoms with van der Waals surface area (Å²) < 4.78 is 0. The molecule has 2 heteroatoms. The molecular formula is C15H14N2. The summed E-state index contributed by atoms with van der Waals surface area (Å²) in [7, 11) is 0. The van der Waals surface area contributed by atoms with Crippen molar-refractivity contribution in [2.75, 3.05) is 6.54 Å². The zero-order valence-corrected chi connectivity index (χ0v) is 9.58. The molecule has 0 fully saturated rings. The highest BCUT2D eigenvalue weighted by Crippen LogP contribution is 2.12. The Hall–Kier alpha value is -2.22. The molecule has 0 saturated carbocycles. The molecule has 0 radical (unpaired) electrons. The van der Waals surface area contributed by atoms with Crippen molar-refractivity contribution in [2.45, 2.75) is 0 Å². The zero-order valence-electron chi connectivity index (χ0n) is 9.58. The van der Waals surface area contributed by atoms with Crippen LogP contribution in [0.15, 0.2) is 77.3 Å². The summed E-state index contributed by atoms with van der Waals surface area (Å²) >= 11 is 0. The van der Waals surface area contributed by atoms with E-state index in [0.717, 1.165) is 17.1 Å². The SMILES string of the molecule is C=CCN=C1C=CC(=Nc2ccccc2)C=C1. The third-order valence-electron chi connectivity index (χ3n) is 2.27. The molecule has 1 aromatic carbocycles. The predicted molar refractivity (Wildman–Crippen MR) is 74.3 cm³/mol. The number of benzene rings is 1. The number of hydrogen-bond acceptors (Lipinski definition) is 2. The lowest BCUT2D eigenvalue weighted by molar-refractivity contribution is 1.25. The molecule has 2 rings (SSSR count). The Balaban J connectivity index is 2.11. The Labute approximate surface area is 101 Å². The standard InChI is InChI=1S/C15H14N2/c1-2-12-16-13-8-10-15(11-9-13)17-14-6-4-3-5-7-14/h2-11H,1,12H2. The van der Waals surface area contributed by atoms with Crippen molar-refractivity contribution < 1.29 is 0 Å². The molecule has 1 aromatic rings. The van der Waals surface area contributed by atoms with E-state index in [-0.39, 0.29) is 0 Å². The highest BCUT2D eigenvalue weighted by molar-refractivity contribution is 6.19. The van der Waals surface area contributed by atoms with E-state index in [9.17, 15) is 0 Å². The summed E-state index contributed by atoms with van der Waals surface area (Å²) in [5, 5.41) is 0. The molecule has 0 saturated heterocycles. The Morgan fingerprint density at radius 2 is 1.59 bits per heavy atom. The minimum absolute atomic E-state index is 0.648. The molecule has 1 aliphatic rings. The fraction of sp³-hybridized carbons (Fsp3) is 0.0667. The van der Waals surface area contributed by atoms with Gasteiger partial charge in [-0.05, 0) is 36.4 Å². The summed E-state index contributed by atoms with van der Waals surface area (Å²) in [4.78, 5) is 8.81. The summed E-state index contributed by atoms with van der Waals surface area (Å²) in [6, 6.07) is 9.90. The van der Waals surface area contributed by atoms with Crippen molar-refractivity contribution in [3.63, 3.8) is 0 Å². The van der Waals surface area contributed by atoms with Gasteiger partial charge in [-0.15, -0.1) is 6.58 Å². The first-order valence-corrected chi connectivity index (χ1v) is 5.54. The van der Waals surface area contributed by atoms with E-state index in [0.29, 0.717) is 6.54 Å². The maximum Gasteiger partial charge on any atom is 0.0638 e. The first kappa shape index (κ1) is 11.3. The summed E-state index contributed by atoms with van der Waals surface area (Å²) in [6.45, 7) is 4.28. The Bertz CT molecular complexity index is 487. The van der Waals surface area contributed by atoms with Crippen LogP contribution in [0.25, 0.3) is 0 Å². The van der Waals surface area contributed by atoms with Gasteiger partial charge in [0.1, 0.15) is 0 Å². The molecule has 0 heterocycles. The summed E-state index contributed by atoms with van der Waals surface area (Å²) in [6.07, 6.45) is 9.64. The van der Waals surface area contributed by atoms with E-state index in [4.69, 9.17) is 0 Å². The van der Waals surface area contributed by atoms with Gasteiger partial charge < -0.3 is 0 Å². The van der Waals surface area contributed by atoms with Crippen molar-refractivity contribution in [3.8, 4) is 0 Å². The molecule has 0 N–H and O–H groups in total. The quantitative estimate of drug-likeness (QED) is 0.552. The lowest BCUT2D eigenvalue weighted by Gasteiger charge is -2.02. The molecule has 0 spiro atoms. The number of rotatable bonds is 3. The van der Waals surface area contributed by atoms with E-state index < -0.39 is 0 Å². The second kappa shape index (κ2) is 5.75. The molecule has 0 bridgehead atoms. The molecule has 0 aliphatic heterocycles. The van der Waals surface area contributed by atoms with Crippen molar-refractivity contribution in [3.05, 3.63) is 67.3 Å². The van der Waals surface area contributed by atoms with Crippen molar-refractivity contribution in [1.82, 2.24) is 0 Å². The van der Waals surface area contributed by atoms with Crippen molar-refractivity contribution >= 4 is 17.1 Å². The maximum atomic E-state index is 4.50. The topological polar surface area (TPSA) is 24.7 Å². The minimum Gasteiger partial charge on any atom is -0.281 e. The van der Waals surface area contributed by atoms with Crippen molar-refractivity contribution in [2.24, 2.45) is 9.98 Å². The van der Waals surface area contributed by atoms with Crippen LogP contribution in [-0.2, 0) is 0 Å². The van der Waals surface area contributed by atoms with Gasteiger partial charge in [0.05, 0.1) is 23.7 Å². The number of allylic oxidation sites excluding steroid dienone is 4. The van der Waals surface area contributed by atoms with Gasteiger partial charge in [0.2, 0.25) is 0 Å². The lowest BCUT2D eigenvalue weighted by Crippen LogP contribution is -2.00. The third-order valence-corrected chi connectivity index (χ3v) is 2.27. The van der Waals surface area contributed by atoms with Crippen LogP contribution in [0.2, 0.25) is 0 Å². The molecule has 17 heavy (non-hydrogen) atoms. The van der Waals surface area contributed by atoms with Gasteiger partial charge in [0.15, 0.2) is 0 Å². The molecule has 1 aliphatic carbocycles. The van der Waals surface area contributed by atoms with Crippen LogP contribution in [0.1, 0.15) is 0 Å². The van der Waals surface area contributed by atoms with Gasteiger partial charge in [-0.25, -0.2) is 4.99 Å². The van der Waals surface area contributed by atoms with Crippen molar-refractivity contribution in [1.29, 1.82) is 0 Å². The first-order valence-electron chi connectivity index (χ1n) is 5.54. The molecular weight excluding hydrogens is 208 g/mol. The molecule has 84 valence electrons. The first-order chi connectivity index (χ1) is 8.38. The van der Waals surface area contributed by atoms with Gasteiger partial charge >= 0.3 is 0 Å². The van der Waals surface area contributed by atoms with Gasteiger partial charge in [-0.3, -0.25) is 4.99 Å². The van der Waals surface area contributed by atoms with Crippen LogP contribution in [0.3, 0.4) is 0 Å². The van der Waals surface area contributed by atoms with Gasteiger partial charge in [-0.1, -0.05) is 24.3 Å². The fourth-order valence-corrected chi connectivity index (χ4v) is 1.45. The maximum absolute atomic E-state index is 4.50. The monoisotopic (exact) mass is 222 g/mol. The second-order valence-corrected chi connectivity index (χ2v) is 3.59. The third kappa shape index (κ3) is 3.38. The average molecular weight is 222 g/mol. The minimum atomic E-state index is 0.648. The molecule has 0 atom stereocenters. The van der Waals surface area contributed by atoms with Crippen LogP contribution < -0.4 is 0 Å². The average Bonchev–Trinajstić information content (AvgIpc) is 2.39. The van der Waals surface area contributed by atoms with E-state index in [1.807, 2.05) is 54.6 Å². The van der Waals surface area contributed by atoms with Gasteiger partial charge in [-0.2, -0.15) is 0 Å². The van der Waals surface area contributed by atoms with E-state index in [1.54, 1.807) is 6.08 Å². The highest BCUT2D eigenvalue weighted by atomic mass is 14.7. The highest BCUT2D eigenvalue weighted by Gasteiger charge is 1.98. The fourth-order valence-electron chi connectivity index (χ4n) is 1.45. The number of para-hydroxylation sites is 1. The van der Waals surface area contributed by atoms with Crippen LogP contribution >= 0.6 is 0 Å². The smallest absolute Gasteiger partial charge is 0.0638 e. The molecule has 0 amide bonds. The largest absolute Gasteiger partial charge is 0.281 e. The van der Waals surface area contributed by atoms with Gasteiger partial charge in [0, 0.05) is 0 Å². The van der Waals surface area contributed by atoms with Crippen LogP contribution in [0.5, 0.6) is 0 Å². The Morgan fingerprint density at radius 3 is 2.24 bits per heavy atom. The number of nitrogens with zero attached hydrogens (tertiary/aromatic N) is 2. The lowest BCUT2D eigenvalue weighted by atomic mass is 10.1. The van der Waals surface area contributed by atoms with Gasteiger partial charge in [0.25, 0.3) is 0 Å². The molecule has 2 nitrogen and oxygen atoms in total. The zero-order chi connectivity index (χ0) is 11.9. The number of aliphatic imine (C=N–C) groups is 2. The predicted octanol–water partition coefficient (Wildman–Crippen LogP) is 3.51. The normalized spacial score (nSPS) is 13.6. The summed E-state index contributed by atoms with van der Waals surface area (Å²) in [5.74, 6) is 0. The van der Waals surface area contributed by atoms with E-state index >= 15 is 0 Å². The van der Waals surface area contributed by atoms with Crippen LogP contribution in [0.4, 0.5) is 5.69 Å². The molecule has 0 unspecified atom stereocenters. The number of hydrogen-bond donors (Lipinski definition) is 0. The van der Waals surface area contributed by atoms with E-state index in [2.05, 4.69) is 16.6 Å². The van der Waals surface area contributed by atoms with Crippen LogP contribution in [-0.4, -0.2) is 18.0 Å².